The second-order valence-electron chi connectivity index (χ2n) is 6.70. The predicted molar refractivity (Wildman–Crippen MR) is 107 cm³/mol. The molecule has 1 N–H and O–H groups in total. The van der Waals surface area contributed by atoms with Crippen LogP contribution in [-0.4, -0.2) is 50.8 Å². The summed E-state index contributed by atoms with van der Waals surface area (Å²) in [5, 5.41) is 4.26. The molecule has 0 aromatic heterocycles. The molecule has 1 aliphatic rings. The van der Waals surface area contributed by atoms with E-state index < -0.39 is 0 Å². The highest BCUT2D eigenvalue weighted by atomic mass is 35.5. The quantitative estimate of drug-likeness (QED) is 0.430. The summed E-state index contributed by atoms with van der Waals surface area (Å²) < 4.78 is 5.44. The summed E-state index contributed by atoms with van der Waals surface area (Å²) >= 11 is 6.22. The van der Waals surface area contributed by atoms with E-state index >= 15 is 0 Å². The van der Waals surface area contributed by atoms with Crippen molar-refractivity contribution in [2.24, 2.45) is 10.9 Å². The van der Waals surface area contributed by atoms with Crippen LogP contribution in [0.4, 0.5) is 0 Å². The van der Waals surface area contributed by atoms with Crippen molar-refractivity contribution in [3.8, 4) is 0 Å². The molecule has 140 valence electrons. The zero-order chi connectivity index (χ0) is 17.9. The lowest BCUT2D eigenvalue weighted by Gasteiger charge is -2.26. The SMILES string of the molecule is CCNC(=NCCCc1ccccc1Cl)N(C)CCC1CCOCC1. The number of benzene rings is 1. The summed E-state index contributed by atoms with van der Waals surface area (Å²) in [6.45, 7) is 6.71. The fraction of sp³-hybridized carbons (Fsp3) is 0.650. The average molecular weight is 366 g/mol. The van der Waals surface area contributed by atoms with Crippen LogP contribution in [0.2, 0.25) is 5.02 Å². The molecule has 0 saturated carbocycles. The third-order valence-corrected chi connectivity index (χ3v) is 5.10. The van der Waals surface area contributed by atoms with E-state index in [-0.39, 0.29) is 0 Å². The van der Waals surface area contributed by atoms with Gasteiger partial charge in [-0.3, -0.25) is 4.99 Å². The topological polar surface area (TPSA) is 36.9 Å². The van der Waals surface area contributed by atoms with Crippen LogP contribution in [-0.2, 0) is 11.2 Å². The van der Waals surface area contributed by atoms with Gasteiger partial charge in [-0.2, -0.15) is 0 Å². The van der Waals surface area contributed by atoms with E-state index in [1.807, 2.05) is 18.2 Å². The minimum absolute atomic E-state index is 0.791. The molecule has 0 aliphatic carbocycles. The van der Waals surface area contributed by atoms with Crippen molar-refractivity contribution in [3.05, 3.63) is 34.9 Å². The van der Waals surface area contributed by atoms with Gasteiger partial charge in [0.05, 0.1) is 0 Å². The van der Waals surface area contributed by atoms with E-state index in [2.05, 4.69) is 30.3 Å². The number of hydrogen-bond acceptors (Lipinski definition) is 2. The molecule has 1 aromatic rings. The normalized spacial score (nSPS) is 16.0. The maximum Gasteiger partial charge on any atom is 0.193 e. The standard InChI is InChI=1S/C20H32ClN3O/c1-3-22-20(24(2)14-10-17-11-15-25-16-12-17)23-13-6-8-18-7-4-5-9-19(18)21/h4-5,7,9,17H,3,6,8,10-16H2,1-2H3,(H,22,23). The van der Waals surface area contributed by atoms with Crippen molar-refractivity contribution in [1.29, 1.82) is 0 Å². The summed E-state index contributed by atoms with van der Waals surface area (Å²) in [4.78, 5) is 7.04. The van der Waals surface area contributed by atoms with Crippen molar-refractivity contribution < 1.29 is 4.74 Å². The summed E-state index contributed by atoms with van der Waals surface area (Å²) in [6, 6.07) is 8.06. The molecule has 0 atom stereocenters. The molecular formula is C20H32ClN3O. The number of nitrogens with one attached hydrogen (secondary N) is 1. The lowest BCUT2D eigenvalue weighted by atomic mass is 9.96. The van der Waals surface area contributed by atoms with Gasteiger partial charge in [0.1, 0.15) is 0 Å². The minimum atomic E-state index is 0.791. The zero-order valence-corrected chi connectivity index (χ0v) is 16.4. The van der Waals surface area contributed by atoms with Gasteiger partial charge in [-0.25, -0.2) is 0 Å². The molecule has 1 saturated heterocycles. The third-order valence-electron chi connectivity index (χ3n) is 4.73. The number of guanidine groups is 1. The van der Waals surface area contributed by atoms with Gasteiger partial charge < -0.3 is 15.0 Å². The Bertz CT molecular complexity index is 529. The second kappa shape index (κ2) is 11.4. The van der Waals surface area contributed by atoms with Crippen molar-refractivity contribution in [3.63, 3.8) is 0 Å². The van der Waals surface area contributed by atoms with Crippen LogP contribution in [0.1, 0.15) is 38.2 Å². The Morgan fingerprint density at radius 3 is 2.80 bits per heavy atom. The van der Waals surface area contributed by atoms with Gasteiger partial charge in [0, 0.05) is 44.9 Å². The van der Waals surface area contributed by atoms with Gasteiger partial charge >= 0.3 is 0 Å². The number of ether oxygens (including phenoxy) is 1. The van der Waals surface area contributed by atoms with E-state index in [9.17, 15) is 0 Å². The molecule has 1 aliphatic heterocycles. The Hall–Kier alpha value is -1.26. The molecule has 0 amide bonds. The number of aryl methyl sites for hydroxylation is 1. The Labute approximate surface area is 157 Å². The fourth-order valence-electron chi connectivity index (χ4n) is 3.14. The van der Waals surface area contributed by atoms with Gasteiger partial charge in [0.15, 0.2) is 5.96 Å². The molecular weight excluding hydrogens is 334 g/mol. The van der Waals surface area contributed by atoms with E-state index in [1.165, 1.54) is 24.8 Å². The Morgan fingerprint density at radius 1 is 1.32 bits per heavy atom. The first-order chi connectivity index (χ1) is 12.2. The largest absolute Gasteiger partial charge is 0.381 e. The van der Waals surface area contributed by atoms with E-state index in [0.717, 1.165) is 62.6 Å². The molecule has 5 heteroatoms. The highest BCUT2D eigenvalue weighted by molar-refractivity contribution is 6.31. The Kier molecular flexibility index (Phi) is 9.12. The van der Waals surface area contributed by atoms with E-state index in [4.69, 9.17) is 21.3 Å². The smallest absolute Gasteiger partial charge is 0.193 e. The third kappa shape index (κ3) is 7.25. The first-order valence-electron chi connectivity index (χ1n) is 9.51. The van der Waals surface area contributed by atoms with Gasteiger partial charge in [-0.05, 0) is 56.6 Å². The molecule has 1 aromatic carbocycles. The molecule has 1 fully saturated rings. The minimum Gasteiger partial charge on any atom is -0.381 e. The first-order valence-corrected chi connectivity index (χ1v) is 9.89. The van der Waals surface area contributed by atoms with Crippen LogP contribution in [0.15, 0.2) is 29.3 Å². The van der Waals surface area contributed by atoms with Crippen LogP contribution in [0, 0.1) is 5.92 Å². The highest BCUT2D eigenvalue weighted by Gasteiger charge is 2.15. The summed E-state index contributed by atoms with van der Waals surface area (Å²) in [5.41, 5.74) is 1.21. The van der Waals surface area contributed by atoms with Gasteiger partial charge in [0.2, 0.25) is 0 Å². The Morgan fingerprint density at radius 2 is 2.08 bits per heavy atom. The monoisotopic (exact) mass is 365 g/mol. The first kappa shape index (κ1) is 20.1. The summed E-state index contributed by atoms with van der Waals surface area (Å²) in [7, 11) is 2.13. The average Bonchev–Trinajstić information content (AvgIpc) is 2.64. The lowest BCUT2D eigenvalue weighted by Crippen LogP contribution is -2.40. The maximum atomic E-state index is 6.22. The van der Waals surface area contributed by atoms with Gasteiger partial charge in [0.25, 0.3) is 0 Å². The predicted octanol–water partition coefficient (Wildman–Crippen LogP) is 3.99. The zero-order valence-electron chi connectivity index (χ0n) is 15.6. The summed E-state index contributed by atoms with van der Waals surface area (Å²) in [6.07, 6.45) is 5.57. The molecule has 25 heavy (non-hydrogen) atoms. The van der Waals surface area contributed by atoms with Crippen LogP contribution in [0.5, 0.6) is 0 Å². The van der Waals surface area contributed by atoms with Crippen LogP contribution >= 0.6 is 11.6 Å². The number of halogens is 1. The van der Waals surface area contributed by atoms with E-state index in [1.54, 1.807) is 0 Å². The van der Waals surface area contributed by atoms with Gasteiger partial charge in [-0.15, -0.1) is 0 Å². The molecule has 0 spiro atoms. The molecule has 0 radical (unpaired) electrons. The number of aliphatic imine (C=N–C) groups is 1. The summed E-state index contributed by atoms with van der Waals surface area (Å²) in [5.74, 6) is 1.80. The van der Waals surface area contributed by atoms with Crippen LogP contribution in [0.25, 0.3) is 0 Å². The molecule has 2 rings (SSSR count). The van der Waals surface area contributed by atoms with Crippen molar-refractivity contribution in [2.75, 3.05) is 39.9 Å². The maximum absolute atomic E-state index is 6.22. The van der Waals surface area contributed by atoms with Crippen LogP contribution in [0.3, 0.4) is 0 Å². The molecule has 0 unspecified atom stereocenters. The number of hydrogen-bond donors (Lipinski definition) is 1. The number of rotatable bonds is 8. The number of nitrogens with zero attached hydrogens (tertiary/aromatic N) is 2. The molecule has 0 bridgehead atoms. The van der Waals surface area contributed by atoms with Crippen molar-refractivity contribution in [1.82, 2.24) is 10.2 Å². The highest BCUT2D eigenvalue weighted by Crippen LogP contribution is 2.19. The van der Waals surface area contributed by atoms with Crippen molar-refractivity contribution in [2.45, 2.75) is 39.0 Å². The van der Waals surface area contributed by atoms with Crippen LogP contribution < -0.4 is 5.32 Å². The van der Waals surface area contributed by atoms with Crippen molar-refractivity contribution >= 4 is 17.6 Å². The lowest BCUT2D eigenvalue weighted by molar-refractivity contribution is 0.0625. The fourth-order valence-corrected chi connectivity index (χ4v) is 3.37. The second-order valence-corrected chi connectivity index (χ2v) is 7.10. The van der Waals surface area contributed by atoms with Gasteiger partial charge in [-0.1, -0.05) is 29.8 Å². The molecule has 4 nitrogen and oxygen atoms in total. The molecule has 1 heterocycles. The van der Waals surface area contributed by atoms with E-state index in [0.29, 0.717) is 0 Å². The Balaban J connectivity index is 1.77.